The van der Waals surface area contributed by atoms with Crippen molar-refractivity contribution >= 4 is 9.84 Å². The maximum atomic E-state index is 12.2. The summed E-state index contributed by atoms with van der Waals surface area (Å²) in [5, 5.41) is 18.1. The van der Waals surface area contributed by atoms with Crippen LogP contribution in [0.2, 0.25) is 0 Å². The number of H-pyrrole nitrogens is 1. The number of rotatable bonds is 1. The van der Waals surface area contributed by atoms with Crippen LogP contribution < -0.4 is 0 Å². The molecule has 150 valence electrons. The molecule has 6 heteroatoms. The lowest BCUT2D eigenvalue weighted by Crippen LogP contribution is -2.54. The second-order valence-electron chi connectivity index (χ2n) is 10.4. The fourth-order valence-electron chi connectivity index (χ4n) is 7.79. The second kappa shape index (κ2) is 5.59. The average Bonchev–Trinajstić information content (AvgIpc) is 3.13. The summed E-state index contributed by atoms with van der Waals surface area (Å²) in [6.07, 6.45) is 9.77. The van der Waals surface area contributed by atoms with Crippen LogP contribution in [-0.2, 0) is 22.7 Å². The Bertz CT molecular complexity index is 878. The van der Waals surface area contributed by atoms with Crippen LogP contribution in [0.3, 0.4) is 0 Å². The summed E-state index contributed by atoms with van der Waals surface area (Å²) < 4.78 is 24.5. The molecule has 3 saturated carbocycles. The van der Waals surface area contributed by atoms with Crippen LogP contribution in [0, 0.1) is 34.5 Å². The van der Waals surface area contributed by atoms with Gasteiger partial charge in [-0.3, -0.25) is 5.10 Å². The minimum Gasteiger partial charge on any atom is -0.393 e. The zero-order chi connectivity index (χ0) is 19.2. The predicted molar refractivity (Wildman–Crippen MR) is 103 cm³/mol. The number of hydrogen-bond acceptors (Lipinski definition) is 4. The van der Waals surface area contributed by atoms with Crippen molar-refractivity contribution < 1.29 is 13.5 Å². The fraction of sp³-hybridized carbons (Fsp3) is 0.857. The molecule has 0 unspecified atom stereocenters. The zero-order valence-electron chi connectivity index (χ0n) is 16.7. The summed E-state index contributed by atoms with van der Waals surface area (Å²) >= 11 is 0. The number of fused-ring (bicyclic) bond motifs is 6. The highest BCUT2D eigenvalue weighted by molar-refractivity contribution is 7.90. The lowest BCUT2D eigenvalue weighted by molar-refractivity contribution is -0.111. The maximum absolute atomic E-state index is 12.2. The molecule has 1 aromatic rings. The number of aromatic nitrogens is 2. The standard InChI is InChI=1S/C21H32N2O3S/c1-20-9-8-16-13(15(20)6-7-18(20)24)5-4-12-10-17-14(11-21(12,16)2)19(23-22-17)27(3,25)26/h12-13,15-16,18,24H,4-11H2,1-3H3,(H,22,23)/t12-,13-,15-,16-,18-,20-,21-/m0/s1. The summed E-state index contributed by atoms with van der Waals surface area (Å²) in [6.45, 7) is 4.74. The molecule has 0 aliphatic heterocycles. The van der Waals surface area contributed by atoms with E-state index in [4.69, 9.17) is 0 Å². The van der Waals surface area contributed by atoms with E-state index in [1.165, 1.54) is 25.5 Å². The maximum Gasteiger partial charge on any atom is 0.194 e. The highest BCUT2D eigenvalue weighted by Crippen LogP contribution is 2.65. The molecular weight excluding hydrogens is 360 g/mol. The van der Waals surface area contributed by atoms with E-state index in [1.54, 1.807) is 0 Å². The van der Waals surface area contributed by atoms with Crippen molar-refractivity contribution in [3.63, 3.8) is 0 Å². The Morgan fingerprint density at radius 3 is 2.56 bits per heavy atom. The van der Waals surface area contributed by atoms with Crippen LogP contribution in [0.1, 0.15) is 63.6 Å². The van der Waals surface area contributed by atoms with Crippen molar-refractivity contribution in [2.45, 2.75) is 76.3 Å². The minimum absolute atomic E-state index is 0.0950. The smallest absolute Gasteiger partial charge is 0.194 e. The molecule has 4 aliphatic rings. The number of aliphatic hydroxyl groups excluding tert-OH is 1. The topological polar surface area (TPSA) is 83.0 Å². The van der Waals surface area contributed by atoms with Gasteiger partial charge in [0.1, 0.15) is 0 Å². The molecule has 27 heavy (non-hydrogen) atoms. The Labute approximate surface area is 162 Å². The summed E-state index contributed by atoms with van der Waals surface area (Å²) in [7, 11) is -3.30. The van der Waals surface area contributed by atoms with Crippen LogP contribution in [0.15, 0.2) is 5.03 Å². The molecule has 3 fully saturated rings. The molecule has 1 aromatic heterocycles. The van der Waals surface area contributed by atoms with Gasteiger partial charge in [-0.25, -0.2) is 8.42 Å². The summed E-state index contributed by atoms with van der Waals surface area (Å²) in [5.41, 5.74) is 2.25. The van der Waals surface area contributed by atoms with Gasteiger partial charge in [-0.1, -0.05) is 13.8 Å². The number of nitrogens with one attached hydrogen (secondary N) is 1. The summed E-state index contributed by atoms with van der Waals surface area (Å²) in [6, 6.07) is 0. The van der Waals surface area contributed by atoms with Crippen molar-refractivity contribution in [3.05, 3.63) is 11.3 Å². The molecule has 5 nitrogen and oxygen atoms in total. The van der Waals surface area contributed by atoms with Crippen LogP contribution in [0.5, 0.6) is 0 Å². The number of aromatic amines is 1. The predicted octanol–water partition coefficient (Wildman–Crippen LogP) is 3.13. The number of aliphatic hydroxyl groups is 1. The normalized spacial score (nSPS) is 46.3. The van der Waals surface area contributed by atoms with Crippen molar-refractivity contribution in [2.75, 3.05) is 6.26 Å². The highest BCUT2D eigenvalue weighted by Gasteiger charge is 2.60. The number of hydrogen-bond donors (Lipinski definition) is 2. The summed E-state index contributed by atoms with van der Waals surface area (Å²) in [4.78, 5) is 0. The van der Waals surface area contributed by atoms with Crippen LogP contribution in [0.4, 0.5) is 0 Å². The van der Waals surface area contributed by atoms with Crippen LogP contribution >= 0.6 is 0 Å². The molecule has 0 saturated heterocycles. The Hall–Kier alpha value is -0.880. The third-order valence-electron chi connectivity index (χ3n) is 9.29. The monoisotopic (exact) mass is 392 g/mol. The first-order valence-corrected chi connectivity index (χ1v) is 12.5. The first-order chi connectivity index (χ1) is 12.6. The van der Waals surface area contributed by atoms with Gasteiger partial charge >= 0.3 is 0 Å². The summed E-state index contributed by atoms with van der Waals surface area (Å²) in [5.74, 6) is 2.55. The third kappa shape index (κ3) is 2.38. The van der Waals surface area contributed by atoms with E-state index in [0.29, 0.717) is 23.7 Å². The van der Waals surface area contributed by atoms with Crippen molar-refractivity contribution in [3.8, 4) is 0 Å². The van der Waals surface area contributed by atoms with Gasteiger partial charge in [0.2, 0.25) is 0 Å². The van der Waals surface area contributed by atoms with Crippen molar-refractivity contribution in [1.82, 2.24) is 10.2 Å². The Morgan fingerprint density at radius 1 is 1.07 bits per heavy atom. The molecule has 2 N–H and O–H groups in total. The molecule has 1 heterocycles. The molecule has 5 rings (SSSR count). The first kappa shape index (κ1) is 18.2. The molecular formula is C21H32N2O3S. The number of sulfone groups is 1. The van der Waals surface area contributed by atoms with Gasteiger partial charge in [0.25, 0.3) is 0 Å². The van der Waals surface area contributed by atoms with Crippen LogP contribution in [-0.4, -0.2) is 36.1 Å². The SMILES string of the molecule is C[C@]12Cc3c(S(C)(=O)=O)n[nH]c3C[C@@H]1CC[C@@H]1[C@@H]2CC[C@]2(C)[C@@H](O)CC[C@@H]12. The van der Waals surface area contributed by atoms with Gasteiger partial charge in [0.05, 0.1) is 6.10 Å². The molecule has 0 spiro atoms. The fourth-order valence-corrected chi connectivity index (χ4v) is 8.64. The molecule has 7 atom stereocenters. The van der Waals surface area contributed by atoms with E-state index < -0.39 is 9.84 Å². The van der Waals surface area contributed by atoms with Gasteiger partial charge in [0, 0.05) is 17.5 Å². The number of nitrogens with zero attached hydrogens (tertiary/aromatic N) is 1. The van der Waals surface area contributed by atoms with Gasteiger partial charge in [-0.15, -0.1) is 0 Å². The lowest BCUT2D eigenvalue weighted by Gasteiger charge is -2.60. The van der Waals surface area contributed by atoms with E-state index >= 15 is 0 Å². The van der Waals surface area contributed by atoms with E-state index in [-0.39, 0.29) is 22.0 Å². The molecule has 0 aromatic carbocycles. The van der Waals surface area contributed by atoms with Gasteiger partial charge < -0.3 is 5.11 Å². The van der Waals surface area contributed by atoms with Crippen molar-refractivity contribution in [1.29, 1.82) is 0 Å². The molecule has 0 radical (unpaired) electrons. The van der Waals surface area contributed by atoms with E-state index in [0.717, 1.165) is 43.4 Å². The largest absolute Gasteiger partial charge is 0.393 e. The average molecular weight is 393 g/mol. The molecule has 0 bridgehead atoms. The van der Waals surface area contributed by atoms with Crippen molar-refractivity contribution in [2.24, 2.45) is 34.5 Å². The van der Waals surface area contributed by atoms with E-state index in [2.05, 4.69) is 24.0 Å². The lowest BCUT2D eigenvalue weighted by atomic mass is 9.45. The minimum atomic E-state index is -3.30. The van der Waals surface area contributed by atoms with Gasteiger partial charge in [-0.05, 0) is 85.9 Å². The Morgan fingerprint density at radius 2 is 1.81 bits per heavy atom. The first-order valence-electron chi connectivity index (χ1n) is 10.6. The van der Waals surface area contributed by atoms with E-state index in [9.17, 15) is 13.5 Å². The Kier molecular flexibility index (Phi) is 3.76. The van der Waals surface area contributed by atoms with Gasteiger partial charge in [-0.2, -0.15) is 5.10 Å². The quantitative estimate of drug-likeness (QED) is 0.769. The molecule has 4 aliphatic carbocycles. The third-order valence-corrected chi connectivity index (χ3v) is 10.3. The highest BCUT2D eigenvalue weighted by atomic mass is 32.2. The van der Waals surface area contributed by atoms with Crippen LogP contribution in [0.25, 0.3) is 0 Å². The van der Waals surface area contributed by atoms with E-state index in [1.807, 2.05) is 0 Å². The molecule has 0 amide bonds. The zero-order valence-corrected chi connectivity index (χ0v) is 17.5. The Balaban J connectivity index is 1.52. The second-order valence-corrected chi connectivity index (χ2v) is 12.4. The van der Waals surface area contributed by atoms with Gasteiger partial charge in [0.15, 0.2) is 14.9 Å².